The third kappa shape index (κ3) is 2.57. The maximum absolute atomic E-state index is 11.6. The summed E-state index contributed by atoms with van der Waals surface area (Å²) in [5.74, 6) is 4.45. The molecule has 1 aliphatic rings. The number of nitrogens with zero attached hydrogens (tertiary/aromatic N) is 1. The van der Waals surface area contributed by atoms with Gasteiger partial charge in [-0.05, 0) is 48.9 Å². The number of hydrogen-bond donors (Lipinski definition) is 3. The van der Waals surface area contributed by atoms with Crippen LogP contribution in [-0.2, 0) is 12.8 Å². The van der Waals surface area contributed by atoms with Crippen molar-refractivity contribution in [2.24, 2.45) is 5.84 Å². The van der Waals surface area contributed by atoms with Gasteiger partial charge in [-0.3, -0.25) is 15.0 Å². The van der Waals surface area contributed by atoms with E-state index in [1.807, 2.05) is 11.5 Å². The van der Waals surface area contributed by atoms with E-state index in [1.54, 1.807) is 0 Å². The van der Waals surface area contributed by atoms with Crippen molar-refractivity contribution in [2.45, 2.75) is 25.7 Å². The lowest BCUT2D eigenvalue weighted by atomic mass is 9.90. The predicted octanol–water partition coefficient (Wildman–Crippen LogP) is 0.919. The van der Waals surface area contributed by atoms with Crippen molar-refractivity contribution in [3.63, 3.8) is 0 Å². The summed E-state index contributed by atoms with van der Waals surface area (Å²) in [6.07, 6.45) is 4.58. The maximum atomic E-state index is 11.6. The molecule has 21 heavy (non-hydrogen) atoms. The van der Waals surface area contributed by atoms with E-state index in [2.05, 4.69) is 22.3 Å². The number of nitrogen functional groups attached to an aromatic ring is 1. The monoisotopic (exact) mass is 284 g/mol. The molecule has 0 saturated carbocycles. The molecule has 0 radical (unpaired) electrons. The molecular weight excluding hydrogens is 268 g/mol. The highest BCUT2D eigenvalue weighted by atomic mass is 16.2. The van der Waals surface area contributed by atoms with Crippen LogP contribution in [-0.4, -0.2) is 16.1 Å². The van der Waals surface area contributed by atoms with Crippen molar-refractivity contribution in [1.82, 2.24) is 15.6 Å². The van der Waals surface area contributed by atoms with Gasteiger partial charge in [-0.25, -0.2) is 10.9 Å². The van der Waals surface area contributed by atoms with Crippen LogP contribution in [0.3, 0.4) is 0 Å². The number of fused-ring (bicyclic) bond motifs is 1. The quantitative estimate of drug-likeness (QED) is 0.433. The molecule has 1 aromatic heterocycles. The largest absolute Gasteiger partial charge is 0.290 e. The van der Waals surface area contributed by atoms with Gasteiger partial charge in [0.25, 0.3) is 11.5 Å². The second kappa shape index (κ2) is 5.49. The van der Waals surface area contributed by atoms with Crippen LogP contribution in [0.5, 0.6) is 0 Å². The van der Waals surface area contributed by atoms with Crippen LogP contribution in [0.1, 0.15) is 34.3 Å². The number of amides is 1. The van der Waals surface area contributed by atoms with Crippen LogP contribution in [0.2, 0.25) is 0 Å². The van der Waals surface area contributed by atoms with Crippen molar-refractivity contribution >= 4 is 5.91 Å². The van der Waals surface area contributed by atoms with E-state index in [4.69, 9.17) is 5.84 Å². The van der Waals surface area contributed by atoms with Gasteiger partial charge in [0, 0.05) is 5.56 Å². The van der Waals surface area contributed by atoms with Crippen LogP contribution >= 0.6 is 0 Å². The van der Waals surface area contributed by atoms with Crippen LogP contribution in [0.15, 0.2) is 29.1 Å². The number of aromatic nitrogens is 2. The molecule has 6 heteroatoms. The van der Waals surface area contributed by atoms with E-state index in [0.29, 0.717) is 5.69 Å². The van der Waals surface area contributed by atoms with Crippen molar-refractivity contribution in [1.29, 1.82) is 0 Å². The van der Waals surface area contributed by atoms with Crippen LogP contribution in [0, 0.1) is 0 Å². The van der Waals surface area contributed by atoms with Crippen molar-refractivity contribution in [2.75, 3.05) is 0 Å². The lowest BCUT2D eigenvalue weighted by Gasteiger charge is -2.16. The Morgan fingerprint density at radius 1 is 1.19 bits per heavy atom. The fourth-order valence-corrected chi connectivity index (χ4v) is 2.69. The fraction of sp³-hybridized carbons (Fsp3) is 0.267. The standard InChI is InChI=1S/C15H16N4O2/c16-17-14(20)12-8-13(18-19-15(12)21)11-6-5-9-3-1-2-4-10(9)7-11/h5-8H,1-4,16H2,(H,17,20)(H,19,21). The minimum absolute atomic E-state index is 0.0415. The second-order valence-corrected chi connectivity index (χ2v) is 5.16. The topological polar surface area (TPSA) is 101 Å². The average Bonchev–Trinajstić information content (AvgIpc) is 2.54. The first-order valence-corrected chi connectivity index (χ1v) is 6.92. The first-order valence-electron chi connectivity index (χ1n) is 6.92. The molecule has 0 spiro atoms. The van der Waals surface area contributed by atoms with Crippen LogP contribution < -0.4 is 16.8 Å². The number of carbonyl (C=O) groups is 1. The lowest BCUT2D eigenvalue weighted by molar-refractivity contribution is 0.0952. The molecule has 1 heterocycles. The van der Waals surface area contributed by atoms with E-state index in [0.717, 1.165) is 18.4 Å². The normalized spacial score (nSPS) is 13.6. The summed E-state index contributed by atoms with van der Waals surface area (Å²) in [5.41, 5.74) is 5.50. The Labute approximate surface area is 121 Å². The molecule has 108 valence electrons. The summed E-state index contributed by atoms with van der Waals surface area (Å²) in [7, 11) is 0. The second-order valence-electron chi connectivity index (χ2n) is 5.16. The summed E-state index contributed by atoms with van der Waals surface area (Å²) in [4.78, 5) is 23.2. The lowest BCUT2D eigenvalue weighted by Crippen LogP contribution is -2.34. The van der Waals surface area contributed by atoms with Gasteiger partial charge < -0.3 is 0 Å². The highest BCUT2D eigenvalue weighted by Crippen LogP contribution is 2.26. The third-order valence-electron chi connectivity index (χ3n) is 3.82. The third-order valence-corrected chi connectivity index (χ3v) is 3.82. The van der Waals surface area contributed by atoms with Gasteiger partial charge in [0.1, 0.15) is 5.56 Å². The zero-order valence-electron chi connectivity index (χ0n) is 11.5. The van der Waals surface area contributed by atoms with Gasteiger partial charge in [0.15, 0.2) is 0 Å². The summed E-state index contributed by atoms with van der Waals surface area (Å²) in [6, 6.07) is 7.61. The number of H-pyrrole nitrogens is 1. The number of aromatic amines is 1. The molecule has 6 nitrogen and oxygen atoms in total. The Hall–Kier alpha value is -2.47. The Morgan fingerprint density at radius 2 is 1.95 bits per heavy atom. The van der Waals surface area contributed by atoms with Crippen molar-refractivity contribution in [3.8, 4) is 11.3 Å². The van der Waals surface area contributed by atoms with Crippen LogP contribution in [0.25, 0.3) is 11.3 Å². The number of nitrogens with two attached hydrogens (primary N) is 1. The summed E-state index contributed by atoms with van der Waals surface area (Å²) in [6.45, 7) is 0. The Kier molecular flexibility index (Phi) is 3.53. The van der Waals surface area contributed by atoms with Gasteiger partial charge in [-0.1, -0.05) is 12.1 Å². The summed E-state index contributed by atoms with van der Waals surface area (Å²) in [5, 5.41) is 6.36. The number of nitrogens with one attached hydrogen (secondary N) is 2. The molecule has 4 N–H and O–H groups in total. The van der Waals surface area contributed by atoms with Crippen LogP contribution in [0.4, 0.5) is 0 Å². The average molecular weight is 284 g/mol. The molecule has 2 aromatic rings. The number of benzene rings is 1. The van der Waals surface area contributed by atoms with Crippen molar-refractivity contribution < 1.29 is 4.79 Å². The Morgan fingerprint density at radius 3 is 2.71 bits per heavy atom. The SMILES string of the molecule is NNC(=O)c1cc(-c2ccc3c(c2)CCCC3)n[nH]c1=O. The van der Waals surface area contributed by atoms with E-state index < -0.39 is 11.5 Å². The zero-order chi connectivity index (χ0) is 14.8. The molecule has 0 saturated heterocycles. The Balaban J connectivity index is 2.04. The van der Waals surface area contributed by atoms with Gasteiger partial charge >= 0.3 is 0 Å². The molecule has 0 fully saturated rings. The number of hydrazine groups is 1. The fourth-order valence-electron chi connectivity index (χ4n) is 2.69. The molecule has 0 unspecified atom stereocenters. The number of aryl methyl sites for hydroxylation is 2. The maximum Gasteiger partial charge on any atom is 0.277 e. The van der Waals surface area contributed by atoms with E-state index in [1.165, 1.54) is 30.0 Å². The van der Waals surface area contributed by atoms with Gasteiger partial charge in [0.2, 0.25) is 0 Å². The number of rotatable bonds is 2. The molecule has 3 rings (SSSR count). The van der Waals surface area contributed by atoms with E-state index in [9.17, 15) is 9.59 Å². The van der Waals surface area contributed by atoms with Crippen molar-refractivity contribution in [3.05, 3.63) is 51.3 Å². The minimum atomic E-state index is -0.627. The molecular formula is C15H16N4O2. The summed E-state index contributed by atoms with van der Waals surface area (Å²) >= 11 is 0. The smallest absolute Gasteiger partial charge is 0.277 e. The van der Waals surface area contributed by atoms with E-state index >= 15 is 0 Å². The molecule has 1 aromatic carbocycles. The van der Waals surface area contributed by atoms with Gasteiger partial charge in [-0.2, -0.15) is 5.10 Å². The highest BCUT2D eigenvalue weighted by Gasteiger charge is 2.14. The number of hydrogen-bond acceptors (Lipinski definition) is 4. The molecule has 1 amide bonds. The predicted molar refractivity (Wildman–Crippen MR) is 78.6 cm³/mol. The Bertz CT molecular complexity index is 752. The summed E-state index contributed by atoms with van der Waals surface area (Å²) < 4.78 is 0. The first kappa shape index (κ1) is 13.5. The highest BCUT2D eigenvalue weighted by molar-refractivity contribution is 5.94. The molecule has 0 aliphatic heterocycles. The number of carbonyl (C=O) groups excluding carboxylic acids is 1. The minimum Gasteiger partial charge on any atom is -0.290 e. The van der Waals surface area contributed by atoms with Gasteiger partial charge in [-0.15, -0.1) is 0 Å². The van der Waals surface area contributed by atoms with E-state index in [-0.39, 0.29) is 5.56 Å². The molecule has 0 bridgehead atoms. The first-order chi connectivity index (χ1) is 10.2. The van der Waals surface area contributed by atoms with Gasteiger partial charge in [0.05, 0.1) is 5.69 Å². The molecule has 1 aliphatic carbocycles. The molecule has 0 atom stereocenters. The zero-order valence-corrected chi connectivity index (χ0v) is 11.5.